The van der Waals surface area contributed by atoms with Gasteiger partial charge >= 0.3 is 0 Å². The zero-order valence-electron chi connectivity index (χ0n) is 15.5. The summed E-state index contributed by atoms with van der Waals surface area (Å²) in [5, 5.41) is 5.01. The van der Waals surface area contributed by atoms with Gasteiger partial charge < -0.3 is 19.8 Å². The van der Waals surface area contributed by atoms with Gasteiger partial charge in [0.15, 0.2) is 11.5 Å². The number of nitrogens with one attached hydrogen (secondary N) is 2. The first-order valence-corrected chi connectivity index (χ1v) is 9.59. The Morgan fingerprint density at radius 2 is 1.77 bits per heavy atom. The first-order valence-electron chi connectivity index (χ1n) is 8.80. The van der Waals surface area contributed by atoms with E-state index in [1.165, 1.54) is 33.3 Å². The molecule has 0 amide bonds. The number of aromatic amines is 1. The van der Waals surface area contributed by atoms with E-state index < -0.39 is 0 Å². The molecule has 26 heavy (non-hydrogen) atoms. The fourth-order valence-corrected chi connectivity index (χ4v) is 4.59. The van der Waals surface area contributed by atoms with Crippen LogP contribution in [0.1, 0.15) is 34.0 Å². The summed E-state index contributed by atoms with van der Waals surface area (Å²) < 4.78 is 11.9. The van der Waals surface area contributed by atoms with Gasteiger partial charge in [-0.3, -0.25) is 0 Å². The van der Waals surface area contributed by atoms with Gasteiger partial charge in [0.1, 0.15) is 0 Å². The molecule has 1 unspecified atom stereocenters. The summed E-state index contributed by atoms with van der Waals surface area (Å²) in [4.78, 5) is 3.70. The number of ether oxygens (including phenoxy) is 2. The molecule has 2 aromatic carbocycles. The normalized spacial score (nSPS) is 16.6. The molecule has 2 heterocycles. The summed E-state index contributed by atoms with van der Waals surface area (Å²) in [6, 6.07) is 8.64. The van der Waals surface area contributed by atoms with Crippen LogP contribution in [0.3, 0.4) is 0 Å². The van der Waals surface area contributed by atoms with Gasteiger partial charge in [-0.05, 0) is 55.2 Å². The van der Waals surface area contributed by atoms with Crippen molar-refractivity contribution in [1.82, 2.24) is 10.3 Å². The lowest BCUT2D eigenvalue weighted by atomic mass is 9.93. The largest absolute Gasteiger partial charge is 0.493 e. The lowest BCUT2D eigenvalue weighted by molar-refractivity contribution is 0.353. The molecule has 1 aromatic heterocycles. The van der Waals surface area contributed by atoms with E-state index in [1.54, 1.807) is 14.2 Å². The Morgan fingerprint density at radius 3 is 2.50 bits per heavy atom. The van der Waals surface area contributed by atoms with Crippen LogP contribution in [0.2, 0.25) is 0 Å². The van der Waals surface area contributed by atoms with E-state index in [1.807, 2.05) is 6.07 Å². The summed E-state index contributed by atoms with van der Waals surface area (Å²) in [6.45, 7) is 5.28. The number of aryl methyl sites for hydroxylation is 2. The molecule has 5 heteroatoms. The Kier molecular flexibility index (Phi) is 4.45. The molecule has 4 rings (SSSR count). The topological polar surface area (TPSA) is 46.3 Å². The highest BCUT2D eigenvalue weighted by atomic mass is 79.9. The molecular formula is C21H23BrN2O2. The van der Waals surface area contributed by atoms with Crippen LogP contribution in [-0.2, 0) is 6.42 Å². The van der Waals surface area contributed by atoms with Gasteiger partial charge in [-0.15, -0.1) is 0 Å². The molecule has 0 aliphatic carbocycles. The van der Waals surface area contributed by atoms with Crippen molar-refractivity contribution in [2.45, 2.75) is 26.3 Å². The number of hydrogen-bond acceptors (Lipinski definition) is 3. The smallest absolute Gasteiger partial charge is 0.161 e. The van der Waals surface area contributed by atoms with Crippen molar-refractivity contribution in [3.63, 3.8) is 0 Å². The van der Waals surface area contributed by atoms with Crippen LogP contribution >= 0.6 is 15.9 Å². The second-order valence-electron chi connectivity index (χ2n) is 6.89. The van der Waals surface area contributed by atoms with Crippen LogP contribution in [0.5, 0.6) is 11.5 Å². The molecule has 0 bridgehead atoms. The van der Waals surface area contributed by atoms with Gasteiger partial charge in [0.25, 0.3) is 0 Å². The van der Waals surface area contributed by atoms with Crippen LogP contribution < -0.4 is 14.8 Å². The zero-order valence-corrected chi connectivity index (χ0v) is 17.1. The Hall–Kier alpha value is -1.98. The maximum absolute atomic E-state index is 5.52. The molecule has 1 aliphatic rings. The number of hydrogen-bond donors (Lipinski definition) is 2. The molecule has 1 aliphatic heterocycles. The van der Waals surface area contributed by atoms with E-state index >= 15 is 0 Å². The van der Waals surface area contributed by atoms with Gasteiger partial charge in [-0.25, -0.2) is 0 Å². The maximum atomic E-state index is 5.52. The van der Waals surface area contributed by atoms with Gasteiger partial charge in [-0.1, -0.05) is 27.6 Å². The van der Waals surface area contributed by atoms with Crippen LogP contribution in [0.25, 0.3) is 10.9 Å². The molecular weight excluding hydrogens is 392 g/mol. The summed E-state index contributed by atoms with van der Waals surface area (Å²) in [5.41, 5.74) is 7.64. The predicted octanol–water partition coefficient (Wildman–Crippen LogP) is 4.80. The van der Waals surface area contributed by atoms with E-state index in [2.05, 4.69) is 58.3 Å². The highest BCUT2D eigenvalue weighted by Crippen LogP contribution is 2.41. The van der Waals surface area contributed by atoms with Gasteiger partial charge in [-0.2, -0.15) is 0 Å². The van der Waals surface area contributed by atoms with Gasteiger partial charge in [0.2, 0.25) is 0 Å². The second-order valence-corrected chi connectivity index (χ2v) is 7.74. The summed E-state index contributed by atoms with van der Waals surface area (Å²) in [5.74, 6) is 1.46. The molecule has 3 aromatic rings. The highest BCUT2D eigenvalue weighted by molar-refractivity contribution is 9.10. The first kappa shape index (κ1) is 17.4. The van der Waals surface area contributed by atoms with Crippen molar-refractivity contribution in [2.24, 2.45) is 0 Å². The lowest BCUT2D eigenvalue weighted by Crippen LogP contribution is -2.30. The van der Waals surface area contributed by atoms with Gasteiger partial charge in [0.05, 0.1) is 20.3 Å². The summed E-state index contributed by atoms with van der Waals surface area (Å²) in [6.07, 6.45) is 1.03. The van der Waals surface area contributed by atoms with E-state index in [9.17, 15) is 0 Å². The minimum atomic E-state index is 0.0834. The Balaban J connectivity index is 1.90. The Labute approximate surface area is 162 Å². The molecule has 0 saturated carbocycles. The number of aromatic nitrogens is 1. The monoisotopic (exact) mass is 414 g/mol. The number of H-pyrrole nitrogens is 1. The quantitative estimate of drug-likeness (QED) is 0.646. The average Bonchev–Trinajstić information content (AvgIpc) is 3.00. The van der Waals surface area contributed by atoms with E-state index in [0.29, 0.717) is 0 Å². The molecule has 0 saturated heterocycles. The summed E-state index contributed by atoms with van der Waals surface area (Å²) in [7, 11) is 3.33. The summed E-state index contributed by atoms with van der Waals surface area (Å²) >= 11 is 3.72. The van der Waals surface area contributed by atoms with Crippen molar-refractivity contribution in [2.75, 3.05) is 20.8 Å². The van der Waals surface area contributed by atoms with E-state index in [4.69, 9.17) is 9.47 Å². The SMILES string of the molecule is COc1cc(Br)c(C2NCCc3c2[nH]c2c(C)cc(C)cc32)cc1OC. The number of fused-ring (bicyclic) bond motifs is 3. The highest BCUT2D eigenvalue weighted by Gasteiger charge is 2.28. The fraction of sp³-hybridized carbons (Fsp3) is 0.333. The molecule has 2 N–H and O–H groups in total. The number of halogens is 1. The number of methoxy groups -OCH3 is 2. The predicted molar refractivity (Wildman–Crippen MR) is 109 cm³/mol. The van der Waals surface area contributed by atoms with Crippen molar-refractivity contribution >= 4 is 26.8 Å². The Morgan fingerprint density at radius 1 is 1.04 bits per heavy atom. The van der Waals surface area contributed by atoms with Crippen molar-refractivity contribution in [1.29, 1.82) is 0 Å². The average molecular weight is 415 g/mol. The maximum Gasteiger partial charge on any atom is 0.161 e. The van der Waals surface area contributed by atoms with Crippen LogP contribution in [-0.4, -0.2) is 25.7 Å². The first-order chi connectivity index (χ1) is 12.5. The minimum Gasteiger partial charge on any atom is -0.493 e. The lowest BCUT2D eigenvalue weighted by Gasteiger charge is -2.26. The van der Waals surface area contributed by atoms with Crippen LogP contribution in [0.4, 0.5) is 0 Å². The molecule has 0 fully saturated rings. The van der Waals surface area contributed by atoms with E-state index in [0.717, 1.165) is 34.5 Å². The van der Waals surface area contributed by atoms with Crippen molar-refractivity contribution in [3.05, 3.63) is 56.7 Å². The third kappa shape index (κ3) is 2.70. The number of rotatable bonds is 3. The Bertz CT molecular complexity index is 994. The molecule has 1 atom stereocenters. The van der Waals surface area contributed by atoms with Crippen LogP contribution in [0.15, 0.2) is 28.7 Å². The fourth-order valence-electron chi connectivity index (χ4n) is 4.04. The molecule has 0 radical (unpaired) electrons. The number of benzene rings is 2. The third-order valence-electron chi connectivity index (χ3n) is 5.22. The van der Waals surface area contributed by atoms with Crippen molar-refractivity contribution < 1.29 is 9.47 Å². The van der Waals surface area contributed by atoms with Crippen molar-refractivity contribution in [3.8, 4) is 11.5 Å². The van der Waals surface area contributed by atoms with Gasteiger partial charge in [0, 0.05) is 27.6 Å². The van der Waals surface area contributed by atoms with E-state index in [-0.39, 0.29) is 6.04 Å². The van der Waals surface area contributed by atoms with Crippen LogP contribution in [0, 0.1) is 13.8 Å². The molecule has 136 valence electrons. The minimum absolute atomic E-state index is 0.0834. The zero-order chi connectivity index (χ0) is 18.4. The second kappa shape index (κ2) is 6.63. The molecule has 4 nitrogen and oxygen atoms in total. The molecule has 0 spiro atoms. The third-order valence-corrected chi connectivity index (χ3v) is 5.90. The standard InChI is InChI=1S/C21H23BrN2O2/c1-11-7-12(2)19-14(8-11)13-5-6-23-20(21(13)24-19)15-9-17(25-3)18(26-4)10-16(15)22/h7-10,20,23-24H,5-6H2,1-4H3.